The molecule has 0 aliphatic heterocycles. The Morgan fingerprint density at radius 3 is 2.21 bits per heavy atom. The van der Waals surface area contributed by atoms with Crippen molar-refractivity contribution >= 4 is 17.7 Å². The highest BCUT2D eigenvalue weighted by atomic mass is 16.6. The quantitative estimate of drug-likeness (QED) is 0.363. The van der Waals surface area contributed by atoms with Crippen LogP contribution in [0.3, 0.4) is 0 Å². The fourth-order valence-electron chi connectivity index (χ4n) is 1.36. The maximum atomic E-state index is 11.7. The summed E-state index contributed by atoms with van der Waals surface area (Å²) in [4.78, 5) is 21.8. The smallest absolute Gasteiger partial charge is 0.334 e. The third-order valence-corrected chi connectivity index (χ3v) is 2.21. The van der Waals surface area contributed by atoms with Crippen molar-refractivity contribution in [3.63, 3.8) is 0 Å². The van der Waals surface area contributed by atoms with Crippen molar-refractivity contribution in [2.24, 2.45) is 0 Å². The summed E-state index contributed by atoms with van der Waals surface area (Å²) >= 11 is 0. The third-order valence-electron chi connectivity index (χ3n) is 2.21. The van der Waals surface area contributed by atoms with Gasteiger partial charge in [0.2, 0.25) is 0 Å². The molecule has 0 aliphatic rings. The number of carbonyl (C=O) groups is 1. The number of carbonyl (C=O) groups excluding carboxylic acids is 1. The lowest BCUT2D eigenvalue weighted by atomic mass is 10.1. The highest BCUT2D eigenvalue weighted by Gasteiger charge is 2.17. The molecule has 0 amide bonds. The van der Waals surface area contributed by atoms with Gasteiger partial charge < -0.3 is 4.74 Å². The van der Waals surface area contributed by atoms with Gasteiger partial charge in [-0.3, -0.25) is 10.1 Å². The van der Waals surface area contributed by atoms with E-state index in [0.717, 1.165) is 0 Å². The van der Waals surface area contributed by atoms with Gasteiger partial charge in [-0.25, -0.2) is 4.79 Å². The van der Waals surface area contributed by atoms with Crippen molar-refractivity contribution in [3.05, 3.63) is 45.5 Å². The molecule has 0 bridgehead atoms. The van der Waals surface area contributed by atoms with Gasteiger partial charge in [-0.1, -0.05) is 0 Å². The van der Waals surface area contributed by atoms with Crippen LogP contribution >= 0.6 is 0 Å². The molecule has 5 nitrogen and oxygen atoms in total. The van der Waals surface area contributed by atoms with Gasteiger partial charge in [-0.15, -0.1) is 0 Å². The van der Waals surface area contributed by atoms with Gasteiger partial charge in [-0.05, 0) is 51.5 Å². The van der Waals surface area contributed by atoms with E-state index in [1.54, 1.807) is 45.9 Å². The molecule has 0 aliphatic carbocycles. The van der Waals surface area contributed by atoms with Crippen LogP contribution < -0.4 is 0 Å². The number of rotatable bonds is 3. The number of nitrogens with zero attached hydrogens (tertiary/aromatic N) is 1. The molecule has 1 aromatic carbocycles. The molecule has 19 heavy (non-hydrogen) atoms. The normalized spacial score (nSPS) is 12.1. The molecular weight excluding hydrogens is 246 g/mol. The summed E-state index contributed by atoms with van der Waals surface area (Å²) in [5.74, 6) is -0.397. The highest BCUT2D eigenvalue weighted by molar-refractivity contribution is 5.93. The minimum Gasteiger partial charge on any atom is -0.457 e. The van der Waals surface area contributed by atoms with E-state index in [1.165, 1.54) is 12.1 Å². The maximum Gasteiger partial charge on any atom is 0.334 e. The Morgan fingerprint density at radius 2 is 1.79 bits per heavy atom. The lowest BCUT2D eigenvalue weighted by Gasteiger charge is -2.19. The predicted molar refractivity (Wildman–Crippen MR) is 72.6 cm³/mol. The molecule has 0 radical (unpaired) electrons. The molecule has 0 spiro atoms. The van der Waals surface area contributed by atoms with E-state index >= 15 is 0 Å². The van der Waals surface area contributed by atoms with Crippen LogP contribution in [0.2, 0.25) is 0 Å². The third kappa shape index (κ3) is 4.91. The van der Waals surface area contributed by atoms with Crippen molar-refractivity contribution in [2.75, 3.05) is 0 Å². The second kappa shape index (κ2) is 5.65. The number of benzene rings is 1. The van der Waals surface area contributed by atoms with Crippen molar-refractivity contribution in [2.45, 2.75) is 33.3 Å². The highest BCUT2D eigenvalue weighted by Crippen LogP contribution is 2.16. The maximum absolute atomic E-state index is 11.7. The van der Waals surface area contributed by atoms with Crippen LogP contribution in [0.5, 0.6) is 0 Å². The van der Waals surface area contributed by atoms with E-state index in [2.05, 4.69) is 0 Å². The molecular formula is C14H17NO4. The van der Waals surface area contributed by atoms with Gasteiger partial charge in [-0.2, -0.15) is 0 Å². The van der Waals surface area contributed by atoms with Gasteiger partial charge in [0.25, 0.3) is 5.69 Å². The fourth-order valence-corrected chi connectivity index (χ4v) is 1.36. The first-order valence-corrected chi connectivity index (χ1v) is 5.85. The van der Waals surface area contributed by atoms with Gasteiger partial charge in [0, 0.05) is 17.7 Å². The zero-order valence-electron chi connectivity index (χ0n) is 11.5. The van der Waals surface area contributed by atoms with Crippen LogP contribution in [0.25, 0.3) is 6.08 Å². The molecule has 0 aromatic heterocycles. The van der Waals surface area contributed by atoms with Crippen molar-refractivity contribution < 1.29 is 14.5 Å². The summed E-state index contributed by atoms with van der Waals surface area (Å²) in [5.41, 5.74) is 0.645. The predicted octanol–water partition coefficient (Wildman–Crippen LogP) is 3.34. The minimum atomic E-state index is -0.540. The van der Waals surface area contributed by atoms with Gasteiger partial charge in [0.1, 0.15) is 5.60 Å². The van der Waals surface area contributed by atoms with Crippen molar-refractivity contribution in [3.8, 4) is 0 Å². The lowest BCUT2D eigenvalue weighted by Crippen LogP contribution is -2.24. The second-order valence-corrected chi connectivity index (χ2v) is 5.18. The summed E-state index contributed by atoms with van der Waals surface area (Å²) in [6.45, 7) is 7.04. The molecule has 5 heteroatoms. The largest absolute Gasteiger partial charge is 0.457 e. The Kier molecular flexibility index (Phi) is 4.43. The Balaban J connectivity index is 2.84. The monoisotopic (exact) mass is 263 g/mol. The molecule has 102 valence electrons. The van der Waals surface area contributed by atoms with Crippen LogP contribution in [-0.2, 0) is 9.53 Å². The van der Waals surface area contributed by atoms with Crippen molar-refractivity contribution in [1.82, 2.24) is 0 Å². The zero-order valence-corrected chi connectivity index (χ0v) is 11.5. The minimum absolute atomic E-state index is 0.0204. The molecule has 0 fully saturated rings. The fraction of sp³-hybridized carbons (Fsp3) is 0.357. The molecule has 1 rings (SSSR count). The number of nitro benzene ring substituents is 1. The van der Waals surface area contributed by atoms with E-state index < -0.39 is 16.5 Å². The summed E-state index contributed by atoms with van der Waals surface area (Å²) in [5, 5.41) is 10.5. The van der Waals surface area contributed by atoms with E-state index in [1.807, 2.05) is 0 Å². The Bertz CT molecular complexity index is 509. The first kappa shape index (κ1) is 14.9. The molecule has 1 aromatic rings. The first-order valence-electron chi connectivity index (χ1n) is 5.85. The SMILES string of the molecule is C/C(=C\c1ccc([N+](=O)[O-])cc1)C(=O)OC(C)(C)C. The van der Waals surface area contributed by atoms with Crippen molar-refractivity contribution in [1.29, 1.82) is 0 Å². The second-order valence-electron chi connectivity index (χ2n) is 5.18. The summed E-state index contributed by atoms with van der Waals surface area (Å²) in [6.07, 6.45) is 1.64. The van der Waals surface area contributed by atoms with E-state index in [-0.39, 0.29) is 5.69 Å². The van der Waals surface area contributed by atoms with Gasteiger partial charge >= 0.3 is 5.97 Å². The van der Waals surface area contributed by atoms with Crippen LogP contribution in [-0.4, -0.2) is 16.5 Å². The van der Waals surface area contributed by atoms with Crippen LogP contribution in [0.15, 0.2) is 29.8 Å². The van der Waals surface area contributed by atoms with Crippen LogP contribution in [0.1, 0.15) is 33.3 Å². The topological polar surface area (TPSA) is 69.4 Å². The number of ether oxygens (including phenoxy) is 1. The Labute approximate surface area is 112 Å². The number of esters is 1. The average Bonchev–Trinajstić information content (AvgIpc) is 2.27. The average molecular weight is 263 g/mol. The lowest BCUT2D eigenvalue weighted by molar-refractivity contribution is -0.384. The summed E-state index contributed by atoms with van der Waals surface area (Å²) < 4.78 is 5.22. The molecule has 0 N–H and O–H groups in total. The number of nitro groups is 1. The molecule has 0 saturated carbocycles. The first-order chi connectivity index (χ1) is 8.69. The van der Waals surface area contributed by atoms with E-state index in [9.17, 15) is 14.9 Å². The van der Waals surface area contributed by atoms with E-state index in [4.69, 9.17) is 4.74 Å². The van der Waals surface area contributed by atoms with Crippen LogP contribution in [0.4, 0.5) is 5.69 Å². The number of non-ortho nitro benzene ring substituents is 1. The molecule has 0 saturated heterocycles. The standard InChI is InChI=1S/C14H17NO4/c1-10(13(16)19-14(2,3)4)9-11-5-7-12(8-6-11)15(17)18/h5-9H,1-4H3/b10-9+. The zero-order chi connectivity index (χ0) is 14.6. The van der Waals surface area contributed by atoms with Gasteiger partial charge in [0.15, 0.2) is 0 Å². The number of hydrogen-bond donors (Lipinski definition) is 0. The van der Waals surface area contributed by atoms with Crippen LogP contribution in [0, 0.1) is 10.1 Å². The summed E-state index contributed by atoms with van der Waals surface area (Å²) in [6, 6.07) is 5.97. The molecule has 0 heterocycles. The summed E-state index contributed by atoms with van der Waals surface area (Å²) in [7, 11) is 0. The Morgan fingerprint density at radius 1 is 1.26 bits per heavy atom. The molecule has 0 atom stereocenters. The van der Waals surface area contributed by atoms with E-state index in [0.29, 0.717) is 11.1 Å². The van der Waals surface area contributed by atoms with Gasteiger partial charge in [0.05, 0.1) is 4.92 Å². The molecule has 0 unspecified atom stereocenters. The Hall–Kier alpha value is -2.17. The number of hydrogen-bond acceptors (Lipinski definition) is 4.